The van der Waals surface area contributed by atoms with E-state index in [1.807, 2.05) is 0 Å². The highest BCUT2D eigenvalue weighted by Crippen LogP contribution is 2.02. The van der Waals surface area contributed by atoms with Gasteiger partial charge in [-0.25, -0.2) is 4.79 Å². The Bertz CT molecular complexity index is 344. The molecule has 0 bridgehead atoms. The summed E-state index contributed by atoms with van der Waals surface area (Å²) in [7, 11) is 1.53. The molecule has 0 rings (SSSR count). The molecule has 0 spiro atoms. The zero-order valence-electron chi connectivity index (χ0n) is 12.5. The largest absolute Gasteiger partial charge is 0.481 e. The molecule has 2 amide bonds. The number of urea groups is 1. The molecule has 0 aromatic heterocycles. The Morgan fingerprint density at radius 2 is 1.80 bits per heavy atom. The molecule has 116 valence electrons. The molecule has 7 nitrogen and oxygen atoms in total. The van der Waals surface area contributed by atoms with Crippen molar-refractivity contribution in [3.05, 3.63) is 0 Å². The van der Waals surface area contributed by atoms with Crippen LogP contribution in [0.5, 0.6) is 0 Å². The van der Waals surface area contributed by atoms with Gasteiger partial charge in [0.25, 0.3) is 0 Å². The van der Waals surface area contributed by atoms with E-state index >= 15 is 0 Å². The average Bonchev–Trinajstić information content (AvgIpc) is 2.32. The van der Waals surface area contributed by atoms with Crippen LogP contribution in [0.15, 0.2) is 0 Å². The van der Waals surface area contributed by atoms with Crippen molar-refractivity contribution in [3.63, 3.8) is 0 Å². The smallest absolute Gasteiger partial charge is 0.317 e. The molecule has 0 aromatic rings. The number of carboxylic acid groups (broad SMARTS) is 1. The number of rotatable bonds is 8. The molecule has 0 aliphatic carbocycles. The van der Waals surface area contributed by atoms with Crippen molar-refractivity contribution in [2.75, 3.05) is 13.6 Å². The van der Waals surface area contributed by atoms with Crippen LogP contribution in [-0.4, -0.2) is 53.7 Å². The number of carbonyl (C=O) groups excluding carboxylic acids is 2. The molecule has 1 unspecified atom stereocenters. The van der Waals surface area contributed by atoms with E-state index in [1.54, 1.807) is 20.8 Å². The molecule has 0 heterocycles. The Hall–Kier alpha value is -1.79. The van der Waals surface area contributed by atoms with Crippen LogP contribution in [0.25, 0.3) is 0 Å². The quantitative estimate of drug-likeness (QED) is 0.655. The second-order valence-corrected chi connectivity index (χ2v) is 4.99. The third-order valence-electron chi connectivity index (χ3n) is 2.53. The molecule has 0 radical (unpaired) electrons. The van der Waals surface area contributed by atoms with Crippen molar-refractivity contribution in [3.8, 4) is 0 Å². The van der Waals surface area contributed by atoms with E-state index in [-0.39, 0.29) is 43.5 Å². The fraction of sp³-hybridized carbons (Fsp3) is 0.769. The predicted molar refractivity (Wildman–Crippen MR) is 73.3 cm³/mol. The van der Waals surface area contributed by atoms with E-state index in [4.69, 9.17) is 9.84 Å². The molecule has 2 N–H and O–H groups in total. The van der Waals surface area contributed by atoms with Gasteiger partial charge in [0, 0.05) is 26.1 Å². The van der Waals surface area contributed by atoms with Gasteiger partial charge < -0.3 is 20.1 Å². The van der Waals surface area contributed by atoms with Crippen molar-refractivity contribution < 1.29 is 24.2 Å². The molecule has 20 heavy (non-hydrogen) atoms. The van der Waals surface area contributed by atoms with Crippen molar-refractivity contribution >= 4 is 18.0 Å². The summed E-state index contributed by atoms with van der Waals surface area (Å²) in [5.41, 5.74) is 0. The SMILES string of the molecule is CC(CCC(=O)OC(C)C)NC(=O)N(C)CCC(=O)O. The van der Waals surface area contributed by atoms with Crippen LogP contribution in [0.1, 0.15) is 40.0 Å². The van der Waals surface area contributed by atoms with Gasteiger partial charge in [-0.05, 0) is 27.2 Å². The summed E-state index contributed by atoms with van der Waals surface area (Å²) in [6.07, 6.45) is 0.469. The maximum absolute atomic E-state index is 11.7. The first-order valence-corrected chi connectivity index (χ1v) is 6.65. The van der Waals surface area contributed by atoms with Crippen molar-refractivity contribution in [2.24, 2.45) is 0 Å². The maximum atomic E-state index is 11.7. The van der Waals surface area contributed by atoms with Gasteiger partial charge in [0.15, 0.2) is 0 Å². The lowest BCUT2D eigenvalue weighted by atomic mass is 10.2. The molecule has 0 fully saturated rings. The molecular weight excluding hydrogens is 264 g/mol. The highest BCUT2D eigenvalue weighted by molar-refractivity contribution is 5.75. The molecule has 1 atom stereocenters. The van der Waals surface area contributed by atoms with E-state index in [0.717, 1.165) is 0 Å². The van der Waals surface area contributed by atoms with Gasteiger partial charge in [-0.1, -0.05) is 0 Å². The zero-order valence-corrected chi connectivity index (χ0v) is 12.5. The number of hydrogen-bond donors (Lipinski definition) is 2. The molecule has 0 saturated heterocycles. The molecule has 0 aliphatic heterocycles. The minimum atomic E-state index is -0.950. The maximum Gasteiger partial charge on any atom is 0.317 e. The van der Waals surface area contributed by atoms with Gasteiger partial charge in [0.2, 0.25) is 0 Å². The van der Waals surface area contributed by atoms with Crippen molar-refractivity contribution in [2.45, 2.75) is 52.2 Å². The predicted octanol–water partition coefficient (Wildman–Crippen LogP) is 1.22. The standard InChI is InChI=1S/C13H24N2O5/c1-9(2)20-12(18)6-5-10(3)14-13(19)15(4)8-7-11(16)17/h9-10H,5-8H2,1-4H3,(H,14,19)(H,16,17). The molecule has 0 aliphatic rings. The molecule has 7 heteroatoms. The van der Waals surface area contributed by atoms with Gasteiger partial charge in [-0.3, -0.25) is 9.59 Å². The first kappa shape index (κ1) is 18.2. The van der Waals surface area contributed by atoms with Gasteiger partial charge in [-0.15, -0.1) is 0 Å². The van der Waals surface area contributed by atoms with Crippen molar-refractivity contribution in [1.82, 2.24) is 10.2 Å². The van der Waals surface area contributed by atoms with Gasteiger partial charge in [0.1, 0.15) is 0 Å². The van der Waals surface area contributed by atoms with Gasteiger partial charge in [-0.2, -0.15) is 0 Å². The van der Waals surface area contributed by atoms with Crippen LogP contribution < -0.4 is 5.32 Å². The summed E-state index contributed by atoms with van der Waals surface area (Å²) in [6, 6.07) is -0.537. The van der Waals surface area contributed by atoms with Gasteiger partial charge in [0.05, 0.1) is 12.5 Å². The number of hydrogen-bond acceptors (Lipinski definition) is 4. The average molecular weight is 288 g/mol. The lowest BCUT2D eigenvalue weighted by molar-refractivity contribution is -0.147. The van der Waals surface area contributed by atoms with Crippen LogP contribution in [-0.2, 0) is 14.3 Å². The summed E-state index contributed by atoms with van der Waals surface area (Å²) in [5, 5.41) is 11.2. The Kier molecular flexibility index (Phi) is 8.35. The molecule has 0 aromatic carbocycles. The number of aliphatic carboxylic acids is 1. The van der Waals surface area contributed by atoms with Crippen molar-refractivity contribution in [1.29, 1.82) is 0 Å². The van der Waals surface area contributed by atoms with Crippen LogP contribution in [0.2, 0.25) is 0 Å². The minimum Gasteiger partial charge on any atom is -0.481 e. The van der Waals surface area contributed by atoms with E-state index in [0.29, 0.717) is 6.42 Å². The first-order chi connectivity index (χ1) is 9.22. The lowest BCUT2D eigenvalue weighted by Crippen LogP contribution is -2.42. The highest BCUT2D eigenvalue weighted by Gasteiger charge is 2.14. The van der Waals surface area contributed by atoms with Crippen LogP contribution >= 0.6 is 0 Å². The summed E-state index contributed by atoms with van der Waals surface area (Å²) < 4.78 is 4.99. The molecular formula is C13H24N2O5. The monoisotopic (exact) mass is 288 g/mol. The second kappa shape index (κ2) is 9.17. The number of carbonyl (C=O) groups is 3. The number of carboxylic acids is 1. The highest BCUT2D eigenvalue weighted by atomic mass is 16.5. The third-order valence-corrected chi connectivity index (χ3v) is 2.53. The summed E-state index contributed by atoms with van der Waals surface area (Å²) in [4.78, 5) is 34.7. The van der Waals surface area contributed by atoms with Gasteiger partial charge >= 0.3 is 18.0 Å². The normalized spacial score (nSPS) is 11.8. The lowest BCUT2D eigenvalue weighted by Gasteiger charge is -2.20. The summed E-state index contributed by atoms with van der Waals surface area (Å²) >= 11 is 0. The Labute approximate surface area is 119 Å². The number of amides is 2. The summed E-state index contributed by atoms with van der Waals surface area (Å²) in [5.74, 6) is -1.24. The fourth-order valence-corrected chi connectivity index (χ4v) is 1.41. The second-order valence-electron chi connectivity index (χ2n) is 4.99. The number of nitrogens with zero attached hydrogens (tertiary/aromatic N) is 1. The fourth-order valence-electron chi connectivity index (χ4n) is 1.41. The van der Waals surface area contributed by atoms with Crippen LogP contribution in [0.3, 0.4) is 0 Å². The minimum absolute atomic E-state index is 0.0982. The Morgan fingerprint density at radius 1 is 1.20 bits per heavy atom. The Balaban J connectivity index is 3.95. The Morgan fingerprint density at radius 3 is 2.30 bits per heavy atom. The van der Waals surface area contributed by atoms with E-state index in [9.17, 15) is 14.4 Å². The third kappa shape index (κ3) is 9.18. The summed E-state index contributed by atoms with van der Waals surface area (Å²) in [6.45, 7) is 5.48. The topological polar surface area (TPSA) is 95.9 Å². The van der Waals surface area contributed by atoms with E-state index in [1.165, 1.54) is 11.9 Å². The number of ether oxygens (including phenoxy) is 1. The first-order valence-electron chi connectivity index (χ1n) is 6.65. The van der Waals surface area contributed by atoms with Crippen LogP contribution in [0, 0.1) is 0 Å². The number of nitrogens with one attached hydrogen (secondary N) is 1. The van der Waals surface area contributed by atoms with Crippen LogP contribution in [0.4, 0.5) is 4.79 Å². The van der Waals surface area contributed by atoms with E-state index in [2.05, 4.69) is 5.32 Å². The zero-order chi connectivity index (χ0) is 15.7. The molecule has 0 saturated carbocycles. The number of esters is 1. The van der Waals surface area contributed by atoms with E-state index < -0.39 is 5.97 Å².